The average Bonchev–Trinajstić information content (AvgIpc) is 1.53. The molecule has 6 aliphatic rings. The van der Waals surface area contributed by atoms with E-state index in [0.29, 0.717) is 76.4 Å². The highest BCUT2D eigenvalue weighted by atomic mass is 32.1. The zero-order valence-corrected chi connectivity index (χ0v) is 55.4. The van der Waals surface area contributed by atoms with E-state index in [2.05, 4.69) is 66.4 Å². The Morgan fingerprint density at radius 1 is 0.532 bits per heavy atom. The van der Waals surface area contributed by atoms with Gasteiger partial charge in [-0.05, 0) is 189 Å². The quantitative estimate of drug-likeness (QED) is 0.0552. The summed E-state index contributed by atoms with van der Waals surface area (Å²) in [5.74, 6) is 18.3. The summed E-state index contributed by atoms with van der Waals surface area (Å²) in [5.41, 5.74) is 5.43. The highest BCUT2D eigenvalue weighted by molar-refractivity contribution is 7.13. The minimum atomic E-state index is -1.08. The summed E-state index contributed by atoms with van der Waals surface area (Å²) >= 11 is 4.89. The standard InChI is InChI=1S/C24H26N4O3S.C23H24N4O3S.C22H22N4O3S.CH4/c1-12(2)26-18-9-15(6-8-16-7-5-13(3)32-16)27-23-19(18)25-11-28(23)20-17-10-24(17,14(4)29)22(31)21(20)30;1-4-24-17-9-14(6-8-15-7-5-12(2)31-15)26-22-18(17)25-11-27(22)19-16-10-23(16,13(3)28)21(30)20(19)29;1-11-4-6-14(30-11)7-5-13-8-16(23-3)17-21(25-13)26(10-24-17)18-15-9-22(15,12(2)27)20(29)19(18)28;/h5,7,9,11-12,17,20-22,30-31H,10H2,1-4H3,(H,26,27);5,7,9,11,16,19-21,29-30H,4,10H2,1-3H3,(H,24,26);4,6,8,10,15,18-20,28-29H,9H2,1-3H3,(H,23,25);1H4/t17?,20-,21+,22?,24+;16?,19-,20+,21?,23+;15?,18-,19+,20?,22+;/m111./s1. The molecule has 0 aromatic carbocycles. The van der Waals surface area contributed by atoms with Gasteiger partial charge < -0.3 is 60.3 Å². The second-order valence-electron chi connectivity index (χ2n) is 25.7. The largest absolute Gasteiger partial charge is 0.389 e. The number of carbonyl (C=O) groups is 3. The molecule has 0 radical (unpaired) electrons. The first kappa shape index (κ1) is 65.9. The molecular weight excluding hydrogens is 1250 g/mol. The first-order chi connectivity index (χ1) is 44.4. The normalized spacial score (nSPS) is 28.6. The predicted octanol–water partition coefficient (Wildman–Crippen LogP) is 8.15. The number of aliphatic hydroxyl groups excluding tert-OH is 6. The summed E-state index contributed by atoms with van der Waals surface area (Å²) in [6.45, 7) is 17.4. The third kappa shape index (κ3) is 11.0. The summed E-state index contributed by atoms with van der Waals surface area (Å²) in [7, 11) is 1.81. The smallest absolute Gasteiger partial charge is 0.163 e. The molecule has 6 saturated carbocycles. The van der Waals surface area contributed by atoms with Crippen molar-refractivity contribution in [1.82, 2.24) is 43.6 Å². The Morgan fingerprint density at radius 3 is 1.14 bits per heavy atom. The van der Waals surface area contributed by atoms with E-state index in [0.717, 1.165) is 31.7 Å². The fourth-order valence-electron chi connectivity index (χ4n) is 15.0. The molecule has 0 bridgehead atoms. The second kappa shape index (κ2) is 24.9. The van der Waals surface area contributed by atoms with Crippen LogP contribution in [0.2, 0.25) is 0 Å². The van der Waals surface area contributed by atoms with Crippen molar-refractivity contribution in [3.8, 4) is 35.5 Å². The topological polar surface area (TPSA) is 301 Å². The van der Waals surface area contributed by atoms with Gasteiger partial charge in [0, 0.05) is 34.3 Å². The van der Waals surface area contributed by atoms with Crippen molar-refractivity contribution in [3.63, 3.8) is 0 Å². The van der Waals surface area contributed by atoms with Gasteiger partial charge in [-0.3, -0.25) is 14.4 Å². The van der Waals surface area contributed by atoms with Crippen LogP contribution in [-0.4, -0.2) is 148 Å². The number of anilines is 3. The van der Waals surface area contributed by atoms with Gasteiger partial charge in [0.25, 0.3) is 0 Å². The Bertz CT molecular complexity index is 4700. The lowest BCUT2D eigenvalue weighted by Crippen LogP contribution is -2.36. The molecule has 15 atom stereocenters. The van der Waals surface area contributed by atoms with Gasteiger partial charge >= 0.3 is 0 Å². The number of nitrogens with zero attached hydrogens (tertiary/aromatic N) is 9. The van der Waals surface area contributed by atoms with Crippen LogP contribution >= 0.6 is 34.0 Å². The number of fused-ring (bicyclic) bond motifs is 6. The molecule has 9 heterocycles. The van der Waals surface area contributed by atoms with Gasteiger partial charge in [0.15, 0.2) is 16.9 Å². The van der Waals surface area contributed by atoms with Crippen molar-refractivity contribution in [2.75, 3.05) is 29.5 Å². The van der Waals surface area contributed by atoms with E-state index in [-0.39, 0.29) is 48.6 Å². The van der Waals surface area contributed by atoms with E-state index in [1.54, 1.807) is 57.6 Å². The van der Waals surface area contributed by atoms with Crippen molar-refractivity contribution in [1.29, 1.82) is 0 Å². The van der Waals surface area contributed by atoms with Crippen LogP contribution in [-0.2, 0) is 14.4 Å². The number of ketones is 3. The predicted molar refractivity (Wildman–Crippen MR) is 364 cm³/mol. The van der Waals surface area contributed by atoms with Gasteiger partial charge in [0.1, 0.15) is 69.3 Å². The number of carbonyl (C=O) groups excluding carboxylic acids is 3. The average molecular weight is 1330 g/mol. The molecule has 0 saturated heterocycles. The third-order valence-corrected chi connectivity index (χ3v) is 22.5. The van der Waals surface area contributed by atoms with Crippen molar-refractivity contribution >= 4 is 102 Å². The van der Waals surface area contributed by atoms with Crippen LogP contribution in [0.15, 0.2) is 73.6 Å². The fraction of sp³-hybridized carbons (Fsp3) is 0.443. The van der Waals surface area contributed by atoms with Crippen LogP contribution in [0.3, 0.4) is 0 Å². The van der Waals surface area contributed by atoms with Gasteiger partial charge in [-0.25, -0.2) is 29.9 Å². The molecule has 6 aliphatic carbocycles. The van der Waals surface area contributed by atoms with E-state index >= 15 is 0 Å². The number of Topliss-reactive ketones (excluding diaryl/α,β-unsaturated/α-hetero) is 3. The van der Waals surface area contributed by atoms with Crippen molar-refractivity contribution in [2.45, 2.75) is 150 Å². The molecule has 24 heteroatoms. The Morgan fingerprint density at radius 2 is 0.851 bits per heavy atom. The lowest BCUT2D eigenvalue weighted by molar-refractivity contribution is -0.128. The minimum absolute atomic E-state index is 0. The molecule has 9 aromatic rings. The van der Waals surface area contributed by atoms with Gasteiger partial charge in [-0.15, -0.1) is 34.0 Å². The number of aromatic nitrogens is 9. The molecule has 15 rings (SSSR count). The summed E-state index contributed by atoms with van der Waals surface area (Å²) in [6.07, 6.45) is 0.267. The summed E-state index contributed by atoms with van der Waals surface area (Å²) < 4.78 is 5.43. The van der Waals surface area contributed by atoms with Crippen LogP contribution in [0.25, 0.3) is 33.5 Å². The second-order valence-corrected chi connectivity index (χ2v) is 29.6. The van der Waals surface area contributed by atoms with Crippen LogP contribution in [0, 0.1) is 90.3 Å². The first-order valence-electron chi connectivity index (χ1n) is 31.1. The Balaban J connectivity index is 0.000000135. The molecule has 488 valence electrons. The molecule has 9 aromatic heterocycles. The van der Waals surface area contributed by atoms with E-state index in [4.69, 9.17) is 15.0 Å². The highest BCUT2D eigenvalue weighted by Crippen LogP contribution is 2.70. The number of aliphatic hydroxyl groups is 6. The van der Waals surface area contributed by atoms with Gasteiger partial charge in [-0.1, -0.05) is 7.43 Å². The van der Waals surface area contributed by atoms with Gasteiger partial charge in [0.2, 0.25) is 0 Å². The Hall–Kier alpha value is -8.19. The van der Waals surface area contributed by atoms with Crippen LogP contribution in [0.1, 0.15) is 133 Å². The number of thiophene rings is 3. The number of pyridine rings is 3. The number of imidazole rings is 3. The number of hydrogen-bond acceptors (Lipinski definition) is 21. The summed E-state index contributed by atoms with van der Waals surface area (Å²) in [4.78, 5) is 71.0. The Labute approximate surface area is 556 Å². The highest BCUT2D eigenvalue weighted by Gasteiger charge is 2.76. The number of rotatable bonds is 11. The SMILES string of the molecule is C.CC(=O)[C@@]12CC1[C@@H](n1cnc3c(NC(C)C)cc(C#Cc4ccc(C)s4)nc31)[C@H](O)C2O.CCNc1cc(C#Cc2ccc(C)s2)nc2c1ncn2[C@@H]1C2C[C@@]2(C(C)=O)C(O)[C@H]1O.CNc1cc(C#Cc2ccc(C)s2)nc2c1ncn2[C@@H]1C2C[C@@]2(C(C)=O)C(O)[C@H]1O. The van der Waals surface area contributed by atoms with E-state index in [9.17, 15) is 45.0 Å². The van der Waals surface area contributed by atoms with Crippen LogP contribution in [0.4, 0.5) is 17.1 Å². The molecule has 21 nitrogen and oxygen atoms in total. The molecule has 6 fully saturated rings. The monoisotopic (exact) mass is 1320 g/mol. The summed E-state index contributed by atoms with van der Waals surface area (Å²) in [6, 6.07) is 16.5. The van der Waals surface area contributed by atoms with Gasteiger partial charge in [0.05, 0.1) is 103 Å². The van der Waals surface area contributed by atoms with Crippen molar-refractivity contribution in [3.05, 3.63) is 120 Å². The number of hydrogen-bond donors (Lipinski definition) is 9. The zero-order chi connectivity index (χ0) is 65.9. The maximum absolute atomic E-state index is 12.3. The third-order valence-electron chi connectivity index (χ3n) is 19.8. The summed E-state index contributed by atoms with van der Waals surface area (Å²) in [5, 5.41) is 74.1. The Kier molecular flexibility index (Phi) is 17.4. The molecule has 0 aliphatic heterocycles. The first-order valence-corrected chi connectivity index (χ1v) is 33.6. The lowest BCUT2D eigenvalue weighted by atomic mass is 9.95. The minimum Gasteiger partial charge on any atom is -0.389 e. The van der Waals surface area contributed by atoms with E-state index in [1.165, 1.54) is 35.4 Å². The van der Waals surface area contributed by atoms with Gasteiger partial charge in [-0.2, -0.15) is 0 Å². The van der Waals surface area contributed by atoms with Crippen LogP contribution < -0.4 is 16.0 Å². The molecule has 0 amide bonds. The van der Waals surface area contributed by atoms with Crippen LogP contribution in [0.5, 0.6) is 0 Å². The molecule has 9 N–H and O–H groups in total. The lowest BCUT2D eigenvalue weighted by Gasteiger charge is -2.23. The maximum Gasteiger partial charge on any atom is 0.163 e. The van der Waals surface area contributed by atoms with Crippen molar-refractivity contribution < 1.29 is 45.0 Å². The fourth-order valence-corrected chi connectivity index (χ4v) is 17.2. The molecule has 6 unspecified atom stereocenters. The van der Waals surface area contributed by atoms with E-state index in [1.807, 2.05) is 112 Å². The molecular formula is C70H76N12O9S3. The van der Waals surface area contributed by atoms with Crippen molar-refractivity contribution in [2.24, 2.45) is 34.0 Å². The zero-order valence-electron chi connectivity index (χ0n) is 52.9. The molecule has 0 spiro atoms. The molecule has 94 heavy (non-hydrogen) atoms. The number of aryl methyl sites for hydroxylation is 3. The maximum atomic E-state index is 12.3. The van der Waals surface area contributed by atoms with E-state index < -0.39 is 71.0 Å². The number of nitrogens with one attached hydrogen (secondary N) is 3.